The van der Waals surface area contributed by atoms with Crippen molar-refractivity contribution in [1.82, 2.24) is 9.97 Å². The molecule has 0 saturated carbocycles. The van der Waals surface area contributed by atoms with Gasteiger partial charge in [-0.25, -0.2) is 14.8 Å². The molecule has 8 heteroatoms. The maximum Gasteiger partial charge on any atom is 0.348 e. The van der Waals surface area contributed by atoms with E-state index >= 15 is 0 Å². The lowest BCUT2D eigenvalue weighted by atomic mass is 10.1. The molecule has 0 N–H and O–H groups in total. The van der Waals surface area contributed by atoms with Crippen LogP contribution >= 0.6 is 11.3 Å². The average molecular weight is 399 g/mol. The summed E-state index contributed by atoms with van der Waals surface area (Å²) in [5, 5.41) is 0.901. The summed E-state index contributed by atoms with van der Waals surface area (Å²) in [6.45, 7) is 7.81. The molecule has 0 bridgehead atoms. The molecule has 0 spiro atoms. The Kier molecular flexibility index (Phi) is 5.04. The van der Waals surface area contributed by atoms with Gasteiger partial charge in [0.05, 0.1) is 12.0 Å². The Bertz CT molecular complexity index is 1030. The second-order valence-electron chi connectivity index (χ2n) is 6.36. The van der Waals surface area contributed by atoms with Crippen molar-refractivity contribution in [2.24, 2.45) is 0 Å². The van der Waals surface area contributed by atoms with Crippen LogP contribution in [0, 0.1) is 6.92 Å². The van der Waals surface area contributed by atoms with Gasteiger partial charge in [-0.3, -0.25) is 0 Å². The van der Waals surface area contributed by atoms with Crippen molar-refractivity contribution in [3.8, 4) is 11.5 Å². The molecule has 28 heavy (non-hydrogen) atoms. The lowest BCUT2D eigenvalue weighted by Gasteiger charge is -2.23. The third kappa shape index (κ3) is 3.24. The number of carbonyl (C=O) groups excluding carboxylic acids is 1. The number of carbonyl (C=O) groups is 1. The number of ether oxygens (including phenoxy) is 3. The lowest BCUT2D eigenvalue weighted by molar-refractivity contribution is 0.0531. The van der Waals surface area contributed by atoms with Crippen LogP contribution in [0.2, 0.25) is 0 Å². The van der Waals surface area contributed by atoms with Crippen molar-refractivity contribution in [1.29, 1.82) is 0 Å². The first-order valence-corrected chi connectivity index (χ1v) is 9.98. The summed E-state index contributed by atoms with van der Waals surface area (Å²) in [6.07, 6.45) is 1.55. The van der Waals surface area contributed by atoms with Gasteiger partial charge in [0.1, 0.15) is 21.9 Å². The van der Waals surface area contributed by atoms with Crippen LogP contribution in [-0.4, -0.2) is 35.9 Å². The maximum absolute atomic E-state index is 12.3. The van der Waals surface area contributed by atoms with Gasteiger partial charge in [0, 0.05) is 13.1 Å². The molecule has 0 fully saturated rings. The number of hydrogen-bond donors (Lipinski definition) is 0. The van der Waals surface area contributed by atoms with Crippen molar-refractivity contribution in [3.05, 3.63) is 40.5 Å². The van der Waals surface area contributed by atoms with Crippen LogP contribution in [0.3, 0.4) is 0 Å². The highest BCUT2D eigenvalue weighted by Gasteiger charge is 2.23. The van der Waals surface area contributed by atoms with Crippen molar-refractivity contribution in [2.45, 2.75) is 27.3 Å². The minimum atomic E-state index is -0.312. The lowest BCUT2D eigenvalue weighted by Crippen LogP contribution is -2.23. The Morgan fingerprint density at radius 2 is 2.07 bits per heavy atom. The SMILES string of the molecule is CCOC(=O)c1sc2ncnc(N(CC)Cc3ccc4c(c3)OCO4)c2c1C. The number of benzene rings is 1. The summed E-state index contributed by atoms with van der Waals surface area (Å²) in [7, 11) is 0. The minimum absolute atomic E-state index is 0.257. The summed E-state index contributed by atoms with van der Waals surface area (Å²) in [4.78, 5) is 24.7. The second kappa shape index (κ2) is 7.63. The van der Waals surface area contributed by atoms with Gasteiger partial charge in [0.25, 0.3) is 0 Å². The van der Waals surface area contributed by atoms with Crippen LogP contribution in [0.15, 0.2) is 24.5 Å². The van der Waals surface area contributed by atoms with Crippen LogP contribution in [0.4, 0.5) is 5.82 Å². The number of fused-ring (bicyclic) bond motifs is 2. The van der Waals surface area contributed by atoms with Crippen molar-refractivity contribution in [2.75, 3.05) is 24.8 Å². The summed E-state index contributed by atoms with van der Waals surface area (Å²) in [6, 6.07) is 5.95. The van der Waals surface area contributed by atoms with Gasteiger partial charge in [-0.15, -0.1) is 11.3 Å². The Hall–Kier alpha value is -2.87. The molecule has 1 aliphatic heterocycles. The molecule has 1 aromatic carbocycles. The number of rotatable bonds is 6. The summed E-state index contributed by atoms with van der Waals surface area (Å²) >= 11 is 1.35. The molecule has 2 aromatic heterocycles. The predicted octanol–water partition coefficient (Wildman–Crippen LogP) is 3.93. The van der Waals surface area contributed by atoms with Crippen molar-refractivity contribution >= 4 is 33.3 Å². The van der Waals surface area contributed by atoms with Gasteiger partial charge < -0.3 is 19.1 Å². The van der Waals surface area contributed by atoms with Gasteiger partial charge in [0.2, 0.25) is 6.79 Å². The summed E-state index contributed by atoms with van der Waals surface area (Å²) in [5.74, 6) is 2.03. The number of esters is 1. The first-order valence-electron chi connectivity index (χ1n) is 9.17. The highest BCUT2D eigenvalue weighted by atomic mass is 32.1. The van der Waals surface area contributed by atoms with Crippen LogP contribution in [-0.2, 0) is 11.3 Å². The number of hydrogen-bond acceptors (Lipinski definition) is 8. The van der Waals surface area contributed by atoms with Crippen molar-refractivity contribution in [3.63, 3.8) is 0 Å². The first kappa shape index (κ1) is 18.5. The molecule has 1 aliphatic rings. The minimum Gasteiger partial charge on any atom is -0.462 e. The quantitative estimate of drug-likeness (QED) is 0.581. The van der Waals surface area contributed by atoms with Gasteiger partial charge in [-0.2, -0.15) is 0 Å². The zero-order valence-corrected chi connectivity index (χ0v) is 16.8. The Morgan fingerprint density at radius 3 is 2.86 bits per heavy atom. The fourth-order valence-corrected chi connectivity index (χ4v) is 4.32. The third-order valence-electron chi connectivity index (χ3n) is 4.66. The number of aromatic nitrogens is 2. The fourth-order valence-electron chi connectivity index (χ4n) is 3.28. The first-order chi connectivity index (χ1) is 13.6. The molecular formula is C20H21N3O4S. The van der Waals surface area contributed by atoms with E-state index in [1.165, 1.54) is 11.3 Å². The van der Waals surface area contributed by atoms with Crippen LogP contribution in [0.25, 0.3) is 10.2 Å². The maximum atomic E-state index is 12.3. The normalized spacial score (nSPS) is 12.4. The van der Waals surface area contributed by atoms with Crippen molar-refractivity contribution < 1.29 is 19.0 Å². The van der Waals surface area contributed by atoms with Crippen LogP contribution < -0.4 is 14.4 Å². The van der Waals surface area contributed by atoms with Crippen LogP contribution in [0.1, 0.15) is 34.6 Å². The zero-order valence-electron chi connectivity index (χ0n) is 16.0. The summed E-state index contributed by atoms with van der Waals surface area (Å²) in [5.41, 5.74) is 1.95. The Morgan fingerprint density at radius 1 is 1.25 bits per heavy atom. The molecule has 4 rings (SSSR count). The van der Waals surface area contributed by atoms with E-state index in [0.29, 0.717) is 18.0 Å². The molecule has 146 valence electrons. The number of thiophene rings is 1. The van der Waals surface area contributed by atoms with Gasteiger partial charge >= 0.3 is 5.97 Å². The molecule has 0 atom stereocenters. The zero-order chi connectivity index (χ0) is 19.7. The van der Waals surface area contributed by atoms with E-state index in [-0.39, 0.29) is 12.8 Å². The molecule has 3 aromatic rings. The van der Waals surface area contributed by atoms with Gasteiger partial charge in [0.15, 0.2) is 11.5 Å². The average Bonchev–Trinajstić information content (AvgIpc) is 3.30. The Balaban J connectivity index is 1.71. The molecule has 0 radical (unpaired) electrons. The molecule has 7 nitrogen and oxygen atoms in total. The number of nitrogens with zero attached hydrogens (tertiary/aromatic N) is 3. The molecule has 0 unspecified atom stereocenters. The smallest absolute Gasteiger partial charge is 0.348 e. The highest BCUT2D eigenvalue weighted by Crippen LogP contribution is 2.37. The number of aryl methyl sites for hydroxylation is 1. The molecule has 3 heterocycles. The van der Waals surface area contributed by atoms with E-state index in [2.05, 4.69) is 21.8 Å². The standard InChI is InChI=1S/C20H21N3O4S/c1-4-23(9-13-6-7-14-15(8-13)27-11-26-14)18-16-12(3)17(20(24)25-5-2)28-19(16)22-10-21-18/h6-8,10H,4-5,9,11H2,1-3H3. The number of anilines is 1. The molecular weight excluding hydrogens is 378 g/mol. The largest absolute Gasteiger partial charge is 0.462 e. The topological polar surface area (TPSA) is 73.8 Å². The predicted molar refractivity (Wildman–Crippen MR) is 107 cm³/mol. The van der Waals surface area contributed by atoms with Gasteiger partial charge in [-0.1, -0.05) is 6.07 Å². The monoisotopic (exact) mass is 399 g/mol. The van der Waals surface area contributed by atoms with E-state index in [1.54, 1.807) is 13.3 Å². The molecule has 0 aliphatic carbocycles. The highest BCUT2D eigenvalue weighted by molar-refractivity contribution is 7.20. The second-order valence-corrected chi connectivity index (χ2v) is 7.35. The van der Waals surface area contributed by atoms with E-state index in [0.717, 1.165) is 45.2 Å². The Labute approximate surface area is 166 Å². The molecule has 0 saturated heterocycles. The van der Waals surface area contributed by atoms with E-state index in [9.17, 15) is 4.79 Å². The van der Waals surface area contributed by atoms with E-state index in [4.69, 9.17) is 14.2 Å². The summed E-state index contributed by atoms with van der Waals surface area (Å²) < 4.78 is 16.1. The third-order valence-corrected chi connectivity index (χ3v) is 5.84. The fraction of sp³-hybridized carbons (Fsp3) is 0.350. The van der Waals surface area contributed by atoms with Gasteiger partial charge in [-0.05, 0) is 44.0 Å². The van der Waals surface area contributed by atoms with E-state index in [1.807, 2.05) is 25.1 Å². The molecule has 0 amide bonds. The van der Waals surface area contributed by atoms with Crippen LogP contribution in [0.5, 0.6) is 11.5 Å². The van der Waals surface area contributed by atoms with E-state index < -0.39 is 0 Å².